The number of aliphatic carboxylic acids is 1. The molecule has 1 aromatic rings. The van der Waals surface area contributed by atoms with E-state index in [1.165, 1.54) is 4.31 Å². The Hall–Kier alpha value is -1.93. The van der Waals surface area contributed by atoms with Crippen LogP contribution >= 0.6 is 0 Å². The lowest BCUT2D eigenvalue weighted by Gasteiger charge is -2.30. The molecule has 1 aliphatic rings. The van der Waals surface area contributed by atoms with Crippen molar-refractivity contribution in [3.63, 3.8) is 0 Å². The average Bonchev–Trinajstić information content (AvgIpc) is 2.66. The van der Waals surface area contributed by atoms with Crippen molar-refractivity contribution in [3.05, 3.63) is 29.8 Å². The summed E-state index contributed by atoms with van der Waals surface area (Å²) in [5, 5.41) is 11.9. The number of carboxylic acids is 1. The maximum absolute atomic E-state index is 12.5. The standard InChI is InChI=1S/C19H28N2O5S/c1-3-4-12-27(25,26)21-10-8-15(9-11-21)18(22)20-17-7-5-6-16(13-17)14(2)19(23)24/h5-7,13-15H,3-4,8-12H2,1-2H3,(H,20,22)(H,23,24). The van der Waals surface area contributed by atoms with Gasteiger partial charge in [-0.15, -0.1) is 0 Å². The number of hydrogen-bond donors (Lipinski definition) is 2. The number of sulfonamides is 1. The summed E-state index contributed by atoms with van der Waals surface area (Å²) in [4.78, 5) is 23.6. The predicted molar refractivity (Wildman–Crippen MR) is 104 cm³/mol. The number of unbranched alkanes of at least 4 members (excludes halogenated alkanes) is 1. The van der Waals surface area contributed by atoms with Gasteiger partial charge >= 0.3 is 5.97 Å². The van der Waals surface area contributed by atoms with Crippen LogP contribution in [0.1, 0.15) is 51.0 Å². The molecule has 7 nitrogen and oxygen atoms in total. The van der Waals surface area contributed by atoms with Gasteiger partial charge in [0.2, 0.25) is 15.9 Å². The number of hydrogen-bond acceptors (Lipinski definition) is 4. The second-order valence-electron chi connectivity index (χ2n) is 7.02. The maximum atomic E-state index is 12.5. The molecule has 1 fully saturated rings. The van der Waals surface area contributed by atoms with E-state index in [0.717, 1.165) is 6.42 Å². The lowest BCUT2D eigenvalue weighted by Crippen LogP contribution is -2.42. The predicted octanol–water partition coefficient (Wildman–Crippen LogP) is 2.66. The molecule has 1 atom stereocenters. The molecule has 1 aliphatic heterocycles. The summed E-state index contributed by atoms with van der Waals surface area (Å²) < 4.78 is 26.0. The summed E-state index contributed by atoms with van der Waals surface area (Å²) >= 11 is 0. The number of rotatable bonds is 8. The fraction of sp³-hybridized carbons (Fsp3) is 0.579. The monoisotopic (exact) mass is 396 g/mol. The minimum atomic E-state index is -3.23. The smallest absolute Gasteiger partial charge is 0.310 e. The van der Waals surface area contributed by atoms with E-state index in [1.54, 1.807) is 31.2 Å². The van der Waals surface area contributed by atoms with E-state index in [4.69, 9.17) is 5.11 Å². The second-order valence-corrected chi connectivity index (χ2v) is 9.11. The van der Waals surface area contributed by atoms with E-state index in [1.807, 2.05) is 6.92 Å². The van der Waals surface area contributed by atoms with Crippen LogP contribution in [-0.4, -0.2) is 48.5 Å². The van der Waals surface area contributed by atoms with Crippen molar-refractivity contribution >= 4 is 27.6 Å². The molecule has 1 amide bonds. The Bertz CT molecular complexity index is 770. The first kappa shape index (κ1) is 21.4. The molecule has 2 N–H and O–H groups in total. The molecule has 0 spiro atoms. The van der Waals surface area contributed by atoms with Gasteiger partial charge in [0, 0.05) is 24.7 Å². The van der Waals surface area contributed by atoms with Gasteiger partial charge in [-0.05, 0) is 43.9 Å². The number of nitrogens with zero attached hydrogens (tertiary/aromatic N) is 1. The number of amides is 1. The molecule has 0 bridgehead atoms. The van der Waals surface area contributed by atoms with Crippen molar-refractivity contribution in [2.45, 2.75) is 45.4 Å². The summed E-state index contributed by atoms with van der Waals surface area (Å²) in [6, 6.07) is 6.82. The van der Waals surface area contributed by atoms with E-state index < -0.39 is 21.9 Å². The molecular weight excluding hydrogens is 368 g/mol. The van der Waals surface area contributed by atoms with E-state index >= 15 is 0 Å². The van der Waals surface area contributed by atoms with Crippen LogP contribution in [0.5, 0.6) is 0 Å². The summed E-state index contributed by atoms with van der Waals surface area (Å²) in [7, 11) is -3.23. The third-order valence-electron chi connectivity index (χ3n) is 5.00. The van der Waals surface area contributed by atoms with E-state index in [9.17, 15) is 18.0 Å². The molecule has 0 radical (unpaired) electrons. The number of anilines is 1. The van der Waals surface area contributed by atoms with Crippen LogP contribution in [0.15, 0.2) is 24.3 Å². The van der Waals surface area contributed by atoms with Crippen molar-refractivity contribution in [1.29, 1.82) is 0 Å². The lowest BCUT2D eigenvalue weighted by molar-refractivity contribution is -0.138. The van der Waals surface area contributed by atoms with Gasteiger partial charge in [-0.1, -0.05) is 25.5 Å². The summed E-state index contributed by atoms with van der Waals surface area (Å²) in [5.41, 5.74) is 1.18. The zero-order chi connectivity index (χ0) is 20.0. The topological polar surface area (TPSA) is 104 Å². The van der Waals surface area contributed by atoms with Gasteiger partial charge in [0.05, 0.1) is 11.7 Å². The first-order chi connectivity index (χ1) is 12.7. The van der Waals surface area contributed by atoms with Gasteiger partial charge in [-0.2, -0.15) is 0 Å². The van der Waals surface area contributed by atoms with Crippen molar-refractivity contribution in [2.75, 3.05) is 24.2 Å². The molecule has 1 aromatic carbocycles. The minimum absolute atomic E-state index is 0.152. The van der Waals surface area contributed by atoms with Crippen LogP contribution in [0.4, 0.5) is 5.69 Å². The van der Waals surface area contributed by atoms with Crippen LogP contribution in [0, 0.1) is 5.92 Å². The quantitative estimate of drug-likeness (QED) is 0.703. The van der Waals surface area contributed by atoms with Gasteiger partial charge < -0.3 is 10.4 Å². The van der Waals surface area contributed by atoms with Gasteiger partial charge in [0.1, 0.15) is 0 Å². The number of carbonyl (C=O) groups excluding carboxylic acids is 1. The van der Waals surface area contributed by atoms with Crippen LogP contribution in [0.3, 0.4) is 0 Å². The molecule has 1 saturated heterocycles. The Kier molecular flexibility index (Phi) is 7.38. The Morgan fingerprint density at radius 1 is 1.30 bits per heavy atom. The molecule has 2 rings (SSSR count). The number of benzene rings is 1. The first-order valence-electron chi connectivity index (χ1n) is 9.36. The van der Waals surface area contributed by atoms with Crippen LogP contribution in [0.2, 0.25) is 0 Å². The number of carboxylic acid groups (broad SMARTS) is 1. The van der Waals surface area contributed by atoms with Crippen molar-refractivity contribution in [1.82, 2.24) is 4.31 Å². The number of nitrogens with one attached hydrogen (secondary N) is 1. The molecule has 150 valence electrons. The molecule has 1 unspecified atom stereocenters. The van der Waals surface area contributed by atoms with Gasteiger partial charge in [-0.3, -0.25) is 9.59 Å². The molecule has 0 saturated carbocycles. The summed E-state index contributed by atoms with van der Waals surface area (Å²) in [6.45, 7) is 4.27. The molecule has 27 heavy (non-hydrogen) atoms. The van der Waals surface area contributed by atoms with Crippen LogP contribution in [-0.2, 0) is 19.6 Å². The fourth-order valence-corrected chi connectivity index (χ4v) is 4.80. The van der Waals surface area contributed by atoms with E-state index in [-0.39, 0.29) is 17.6 Å². The van der Waals surface area contributed by atoms with Crippen LogP contribution < -0.4 is 5.32 Å². The molecule has 0 aromatic heterocycles. The minimum Gasteiger partial charge on any atom is -0.481 e. The third kappa shape index (κ3) is 5.77. The first-order valence-corrected chi connectivity index (χ1v) is 11.0. The molecule has 0 aliphatic carbocycles. The highest BCUT2D eigenvalue weighted by Crippen LogP contribution is 2.24. The summed E-state index contributed by atoms with van der Waals surface area (Å²) in [5.74, 6) is -1.81. The zero-order valence-corrected chi connectivity index (χ0v) is 16.7. The highest BCUT2D eigenvalue weighted by Gasteiger charge is 2.30. The third-order valence-corrected chi connectivity index (χ3v) is 6.96. The van der Waals surface area contributed by atoms with E-state index in [0.29, 0.717) is 43.6 Å². The van der Waals surface area contributed by atoms with Gasteiger partial charge in [0.25, 0.3) is 0 Å². The molecule has 1 heterocycles. The maximum Gasteiger partial charge on any atom is 0.310 e. The molecule has 8 heteroatoms. The zero-order valence-electron chi connectivity index (χ0n) is 15.8. The van der Waals surface area contributed by atoms with E-state index in [2.05, 4.69) is 5.32 Å². The largest absolute Gasteiger partial charge is 0.481 e. The normalized spacial score (nSPS) is 17.4. The van der Waals surface area contributed by atoms with Gasteiger partial charge in [0.15, 0.2) is 0 Å². The average molecular weight is 397 g/mol. The lowest BCUT2D eigenvalue weighted by atomic mass is 9.96. The summed E-state index contributed by atoms with van der Waals surface area (Å²) in [6.07, 6.45) is 2.45. The SMILES string of the molecule is CCCCS(=O)(=O)N1CCC(C(=O)Nc2cccc(C(C)C(=O)O)c2)CC1. The van der Waals surface area contributed by atoms with Gasteiger partial charge in [-0.25, -0.2) is 12.7 Å². The Morgan fingerprint density at radius 3 is 2.56 bits per heavy atom. The van der Waals surface area contributed by atoms with Crippen molar-refractivity contribution in [3.8, 4) is 0 Å². The Balaban J connectivity index is 1.93. The van der Waals surface area contributed by atoms with Crippen molar-refractivity contribution < 1.29 is 23.1 Å². The van der Waals surface area contributed by atoms with Crippen molar-refractivity contribution in [2.24, 2.45) is 5.92 Å². The highest BCUT2D eigenvalue weighted by atomic mass is 32.2. The molecular formula is C19H28N2O5S. The fourth-order valence-electron chi connectivity index (χ4n) is 3.12. The Morgan fingerprint density at radius 2 is 1.96 bits per heavy atom. The van der Waals surface area contributed by atoms with Crippen LogP contribution in [0.25, 0.3) is 0 Å². The highest BCUT2D eigenvalue weighted by molar-refractivity contribution is 7.89. The number of carbonyl (C=O) groups is 2. The second kappa shape index (κ2) is 9.32. The Labute approximate surface area is 160 Å². The number of piperidine rings is 1.